The number of amides is 1. The minimum atomic E-state index is -0.388. The van der Waals surface area contributed by atoms with E-state index in [-0.39, 0.29) is 11.7 Å². The molecular formula is C17H11ClFN3OS. The second-order valence-electron chi connectivity index (χ2n) is 4.76. The van der Waals surface area contributed by atoms with Gasteiger partial charge >= 0.3 is 0 Å². The fraction of sp³-hybridized carbons (Fsp3) is 0. The lowest BCUT2D eigenvalue weighted by Crippen LogP contribution is -2.19. The second kappa shape index (κ2) is 7.42. The predicted molar refractivity (Wildman–Crippen MR) is 96.6 cm³/mol. The molecule has 1 aliphatic rings. The standard InChI is InChI=1S/C17H11ClFN3OS/c18-13-7-3-1-6-12(13)10-20-22-17-21-16(23)15(24-17)9-11-5-2-4-8-14(11)19/h1-10H,(H,21,22,23)/b15-9+,20-10-. The number of halogens is 2. The Kier molecular flexibility index (Phi) is 5.08. The van der Waals surface area contributed by atoms with Gasteiger partial charge in [0.25, 0.3) is 5.91 Å². The Morgan fingerprint density at radius 3 is 2.54 bits per heavy atom. The van der Waals surface area contributed by atoms with Crippen molar-refractivity contribution in [3.8, 4) is 0 Å². The molecule has 24 heavy (non-hydrogen) atoms. The number of nitrogens with one attached hydrogen (secondary N) is 1. The first kappa shape index (κ1) is 16.4. The lowest BCUT2D eigenvalue weighted by molar-refractivity contribution is -0.115. The van der Waals surface area contributed by atoms with Crippen molar-refractivity contribution in [3.63, 3.8) is 0 Å². The Balaban J connectivity index is 1.75. The van der Waals surface area contributed by atoms with Gasteiger partial charge < -0.3 is 0 Å². The summed E-state index contributed by atoms with van der Waals surface area (Å²) in [7, 11) is 0. The molecule has 0 saturated carbocycles. The number of carbonyl (C=O) groups excluding carboxylic acids is 1. The average molecular weight is 360 g/mol. The second-order valence-corrected chi connectivity index (χ2v) is 6.20. The minimum Gasteiger partial charge on any atom is -0.299 e. The van der Waals surface area contributed by atoms with Crippen molar-refractivity contribution in [1.29, 1.82) is 0 Å². The van der Waals surface area contributed by atoms with Crippen molar-refractivity contribution < 1.29 is 9.18 Å². The molecule has 1 saturated heterocycles. The summed E-state index contributed by atoms with van der Waals surface area (Å²) in [5.41, 5.74) is 1.07. The van der Waals surface area contributed by atoms with Gasteiger partial charge in [0, 0.05) is 16.1 Å². The molecule has 0 aromatic heterocycles. The summed E-state index contributed by atoms with van der Waals surface area (Å²) >= 11 is 7.11. The van der Waals surface area contributed by atoms with Crippen LogP contribution in [0.1, 0.15) is 11.1 Å². The highest BCUT2D eigenvalue weighted by molar-refractivity contribution is 8.18. The van der Waals surface area contributed by atoms with Gasteiger partial charge in [-0.1, -0.05) is 48.0 Å². The van der Waals surface area contributed by atoms with Crippen LogP contribution in [0.2, 0.25) is 5.02 Å². The maximum absolute atomic E-state index is 13.6. The van der Waals surface area contributed by atoms with Crippen molar-refractivity contribution in [1.82, 2.24) is 5.32 Å². The lowest BCUT2D eigenvalue weighted by atomic mass is 10.2. The molecule has 1 amide bonds. The number of hydrogen-bond donors (Lipinski definition) is 1. The third-order valence-electron chi connectivity index (χ3n) is 3.09. The van der Waals surface area contributed by atoms with E-state index in [1.54, 1.807) is 30.3 Å². The van der Waals surface area contributed by atoms with E-state index in [2.05, 4.69) is 15.5 Å². The van der Waals surface area contributed by atoms with Crippen LogP contribution >= 0.6 is 23.4 Å². The Hall–Kier alpha value is -2.44. The zero-order valence-electron chi connectivity index (χ0n) is 12.2. The Morgan fingerprint density at radius 2 is 1.79 bits per heavy atom. The average Bonchev–Trinajstić information content (AvgIpc) is 2.91. The number of benzene rings is 2. The molecule has 4 nitrogen and oxygen atoms in total. The summed E-state index contributed by atoms with van der Waals surface area (Å²) < 4.78 is 13.6. The molecule has 1 N–H and O–H groups in total. The molecule has 0 atom stereocenters. The van der Waals surface area contributed by atoms with E-state index in [4.69, 9.17) is 11.6 Å². The molecule has 2 aromatic rings. The molecule has 3 rings (SSSR count). The van der Waals surface area contributed by atoms with Gasteiger partial charge in [-0.15, -0.1) is 5.10 Å². The van der Waals surface area contributed by atoms with Crippen LogP contribution in [0.15, 0.2) is 63.6 Å². The molecule has 1 aliphatic heterocycles. The Bertz CT molecular complexity index is 880. The normalized spacial score (nSPS) is 17.8. The number of rotatable bonds is 3. The van der Waals surface area contributed by atoms with Crippen LogP contribution in [-0.2, 0) is 4.79 Å². The van der Waals surface area contributed by atoms with Crippen molar-refractivity contribution >= 4 is 46.7 Å². The van der Waals surface area contributed by atoms with E-state index in [0.717, 1.165) is 17.3 Å². The summed E-state index contributed by atoms with van der Waals surface area (Å²) in [6.07, 6.45) is 2.98. The van der Waals surface area contributed by atoms with Crippen molar-refractivity contribution in [2.45, 2.75) is 0 Å². The molecule has 1 heterocycles. The largest absolute Gasteiger partial charge is 0.299 e. The molecule has 0 spiro atoms. The lowest BCUT2D eigenvalue weighted by Gasteiger charge is -1.96. The fourth-order valence-electron chi connectivity index (χ4n) is 1.93. The molecule has 0 aliphatic carbocycles. The van der Waals surface area contributed by atoms with Crippen LogP contribution in [0, 0.1) is 5.82 Å². The van der Waals surface area contributed by atoms with Gasteiger partial charge in [0.1, 0.15) is 5.82 Å². The third-order valence-corrected chi connectivity index (χ3v) is 4.34. The van der Waals surface area contributed by atoms with Gasteiger partial charge in [-0.2, -0.15) is 5.10 Å². The van der Waals surface area contributed by atoms with E-state index >= 15 is 0 Å². The summed E-state index contributed by atoms with van der Waals surface area (Å²) in [5.74, 6) is -0.726. The molecule has 7 heteroatoms. The summed E-state index contributed by atoms with van der Waals surface area (Å²) in [6, 6.07) is 13.4. The van der Waals surface area contributed by atoms with Crippen LogP contribution in [0.4, 0.5) is 4.39 Å². The highest BCUT2D eigenvalue weighted by Gasteiger charge is 2.24. The number of hydrogen-bond acceptors (Lipinski definition) is 4. The van der Waals surface area contributed by atoms with Gasteiger partial charge in [-0.25, -0.2) is 4.39 Å². The first-order chi connectivity index (χ1) is 11.6. The highest BCUT2D eigenvalue weighted by Crippen LogP contribution is 2.26. The van der Waals surface area contributed by atoms with Crippen LogP contribution in [-0.4, -0.2) is 17.3 Å². The number of thioether (sulfide) groups is 1. The molecular weight excluding hydrogens is 349 g/mol. The Labute approximate surface area is 147 Å². The van der Waals surface area contributed by atoms with Crippen LogP contribution in [0.25, 0.3) is 6.08 Å². The number of nitrogens with zero attached hydrogens (tertiary/aromatic N) is 2. The summed E-state index contributed by atoms with van der Waals surface area (Å²) in [4.78, 5) is 12.3. The number of carbonyl (C=O) groups is 1. The maximum Gasteiger partial charge on any atom is 0.264 e. The highest BCUT2D eigenvalue weighted by atomic mass is 35.5. The Morgan fingerprint density at radius 1 is 1.08 bits per heavy atom. The molecule has 0 unspecified atom stereocenters. The summed E-state index contributed by atoms with van der Waals surface area (Å²) in [5, 5.41) is 11.3. The van der Waals surface area contributed by atoms with Crippen LogP contribution in [0.3, 0.4) is 0 Å². The molecule has 0 radical (unpaired) electrons. The molecule has 2 aromatic carbocycles. The summed E-state index contributed by atoms with van der Waals surface area (Å²) in [6.45, 7) is 0. The minimum absolute atomic E-state index is 0.325. The topological polar surface area (TPSA) is 53.8 Å². The van der Waals surface area contributed by atoms with Crippen LogP contribution in [0.5, 0.6) is 0 Å². The fourth-order valence-corrected chi connectivity index (χ4v) is 2.89. The number of amidine groups is 1. The first-order valence-electron chi connectivity index (χ1n) is 6.94. The molecule has 1 fully saturated rings. The van der Waals surface area contributed by atoms with Gasteiger partial charge in [0.2, 0.25) is 0 Å². The first-order valence-corrected chi connectivity index (χ1v) is 8.14. The van der Waals surface area contributed by atoms with Crippen molar-refractivity contribution in [3.05, 3.63) is 75.4 Å². The van der Waals surface area contributed by atoms with E-state index in [9.17, 15) is 9.18 Å². The third kappa shape index (κ3) is 3.90. The zero-order valence-corrected chi connectivity index (χ0v) is 13.8. The molecule has 0 bridgehead atoms. The van der Waals surface area contributed by atoms with E-state index < -0.39 is 0 Å². The van der Waals surface area contributed by atoms with E-state index in [1.165, 1.54) is 18.4 Å². The zero-order chi connectivity index (χ0) is 16.9. The van der Waals surface area contributed by atoms with Gasteiger partial charge in [0.15, 0.2) is 5.17 Å². The quantitative estimate of drug-likeness (QED) is 0.510. The van der Waals surface area contributed by atoms with E-state index in [1.807, 2.05) is 12.1 Å². The predicted octanol–water partition coefficient (Wildman–Crippen LogP) is 4.07. The monoisotopic (exact) mass is 359 g/mol. The van der Waals surface area contributed by atoms with Gasteiger partial charge in [-0.3, -0.25) is 10.1 Å². The van der Waals surface area contributed by atoms with Gasteiger partial charge in [0.05, 0.1) is 11.1 Å². The smallest absolute Gasteiger partial charge is 0.264 e. The van der Waals surface area contributed by atoms with Gasteiger partial charge in [-0.05, 0) is 30.0 Å². The van der Waals surface area contributed by atoms with Crippen molar-refractivity contribution in [2.24, 2.45) is 10.2 Å². The molecule has 120 valence electrons. The van der Waals surface area contributed by atoms with Crippen LogP contribution < -0.4 is 5.32 Å². The van der Waals surface area contributed by atoms with Crippen molar-refractivity contribution in [2.75, 3.05) is 0 Å². The maximum atomic E-state index is 13.6. The SMILES string of the molecule is O=C1N/C(=N\N=C/c2ccccc2Cl)S/C1=C/c1ccccc1F. The van der Waals surface area contributed by atoms with E-state index in [0.29, 0.717) is 20.7 Å².